The summed E-state index contributed by atoms with van der Waals surface area (Å²) in [4.78, 5) is 26.6. The van der Waals surface area contributed by atoms with Gasteiger partial charge in [0.2, 0.25) is 0 Å². The number of amides is 2. The second kappa shape index (κ2) is 6.84. The minimum absolute atomic E-state index is 0.206. The van der Waals surface area contributed by atoms with Crippen LogP contribution in [0.15, 0.2) is 35.3 Å². The Morgan fingerprint density at radius 1 is 1.30 bits per heavy atom. The molecule has 0 saturated heterocycles. The third-order valence-electron chi connectivity index (χ3n) is 3.09. The Kier molecular flexibility index (Phi) is 4.63. The predicted molar refractivity (Wildman–Crippen MR) is 92.7 cm³/mol. The van der Waals surface area contributed by atoms with Crippen molar-refractivity contribution in [2.75, 3.05) is 12.4 Å². The fraction of sp³-hybridized carbons (Fsp3) is 0.200. The number of carbonyl (C=O) groups excluding carboxylic acids is 1. The second-order valence-corrected chi connectivity index (χ2v) is 6.84. The van der Waals surface area contributed by atoms with Gasteiger partial charge in [-0.3, -0.25) is 10.3 Å². The molecule has 0 saturated carbocycles. The molecule has 0 aliphatic rings. The molecule has 0 bridgehead atoms. The molecule has 0 aliphatic heterocycles. The lowest BCUT2D eigenvalue weighted by Gasteiger charge is -2.15. The molecule has 0 atom stereocenters. The molecule has 0 spiro atoms. The fourth-order valence-electron chi connectivity index (χ4n) is 1.96. The molecule has 3 heterocycles. The molecule has 3 rings (SSSR count). The molecule has 8 heteroatoms. The summed E-state index contributed by atoms with van der Waals surface area (Å²) in [5.74, 6) is 0. The zero-order valence-corrected chi connectivity index (χ0v) is 14.3. The van der Waals surface area contributed by atoms with Gasteiger partial charge in [0.15, 0.2) is 5.13 Å². The standard InChI is InChI=1S/C15H15N5OS2/c1-10-17-12(8-22-10)7-20(2)15(21)19-14-18-13(9-23-14)11-4-3-5-16-6-11/h3-6,8-9H,7H2,1-2H3,(H,18,19,21). The van der Waals surface area contributed by atoms with Crippen LogP contribution in [0, 0.1) is 6.92 Å². The highest BCUT2D eigenvalue weighted by molar-refractivity contribution is 7.14. The molecule has 0 aromatic carbocycles. The molecule has 2 amide bonds. The fourth-order valence-corrected chi connectivity index (χ4v) is 3.27. The van der Waals surface area contributed by atoms with E-state index in [1.54, 1.807) is 35.7 Å². The van der Waals surface area contributed by atoms with Crippen molar-refractivity contribution in [2.45, 2.75) is 13.5 Å². The number of rotatable bonds is 4. The van der Waals surface area contributed by atoms with Crippen LogP contribution in [0.3, 0.4) is 0 Å². The van der Waals surface area contributed by atoms with Crippen molar-refractivity contribution in [1.29, 1.82) is 0 Å². The number of anilines is 1. The number of urea groups is 1. The summed E-state index contributed by atoms with van der Waals surface area (Å²) in [6, 6.07) is 3.59. The SMILES string of the molecule is Cc1nc(CN(C)C(=O)Nc2nc(-c3cccnc3)cs2)cs1. The number of pyridine rings is 1. The number of aromatic nitrogens is 3. The number of hydrogen-bond donors (Lipinski definition) is 1. The summed E-state index contributed by atoms with van der Waals surface area (Å²) in [7, 11) is 1.74. The van der Waals surface area contributed by atoms with Crippen molar-refractivity contribution in [3.63, 3.8) is 0 Å². The van der Waals surface area contributed by atoms with Gasteiger partial charge in [0, 0.05) is 35.8 Å². The molecular weight excluding hydrogens is 330 g/mol. The van der Waals surface area contributed by atoms with Crippen LogP contribution in [0.1, 0.15) is 10.7 Å². The highest BCUT2D eigenvalue weighted by Crippen LogP contribution is 2.24. The van der Waals surface area contributed by atoms with E-state index in [-0.39, 0.29) is 6.03 Å². The molecule has 1 N–H and O–H groups in total. The van der Waals surface area contributed by atoms with Crippen LogP contribution in [-0.4, -0.2) is 32.9 Å². The first-order valence-electron chi connectivity index (χ1n) is 6.91. The summed E-state index contributed by atoms with van der Waals surface area (Å²) >= 11 is 2.97. The number of thiazole rings is 2. The first kappa shape index (κ1) is 15.6. The maximum Gasteiger partial charge on any atom is 0.323 e. The average molecular weight is 345 g/mol. The van der Waals surface area contributed by atoms with Crippen LogP contribution >= 0.6 is 22.7 Å². The summed E-state index contributed by atoms with van der Waals surface area (Å²) in [6.07, 6.45) is 3.46. The van der Waals surface area contributed by atoms with Gasteiger partial charge in [-0.2, -0.15) is 0 Å². The Labute approximate surface area is 141 Å². The first-order valence-corrected chi connectivity index (χ1v) is 8.67. The van der Waals surface area contributed by atoms with Crippen LogP contribution < -0.4 is 5.32 Å². The predicted octanol–water partition coefficient (Wildman–Crippen LogP) is 3.63. The van der Waals surface area contributed by atoms with Crippen LogP contribution in [0.2, 0.25) is 0 Å². The Hall–Kier alpha value is -2.32. The molecule has 118 valence electrons. The molecule has 0 aliphatic carbocycles. The van der Waals surface area contributed by atoms with Crippen LogP contribution in [0.25, 0.3) is 11.3 Å². The third kappa shape index (κ3) is 3.91. The monoisotopic (exact) mass is 345 g/mol. The van der Waals surface area contributed by atoms with Gasteiger partial charge in [0.1, 0.15) is 0 Å². The molecule has 23 heavy (non-hydrogen) atoms. The normalized spacial score (nSPS) is 10.5. The van der Waals surface area contributed by atoms with E-state index in [0.717, 1.165) is 22.0 Å². The molecule has 3 aromatic heterocycles. The number of aryl methyl sites for hydroxylation is 1. The topological polar surface area (TPSA) is 71.0 Å². The lowest BCUT2D eigenvalue weighted by molar-refractivity contribution is 0.220. The van der Waals surface area contributed by atoms with Gasteiger partial charge in [-0.15, -0.1) is 22.7 Å². The quantitative estimate of drug-likeness (QED) is 0.784. The summed E-state index contributed by atoms with van der Waals surface area (Å²) in [6.45, 7) is 2.42. The van der Waals surface area contributed by atoms with Gasteiger partial charge in [0.05, 0.1) is 22.9 Å². The Morgan fingerprint density at radius 2 is 2.17 bits per heavy atom. The smallest absolute Gasteiger partial charge is 0.322 e. The van der Waals surface area contributed by atoms with Crippen LogP contribution in [-0.2, 0) is 6.54 Å². The Morgan fingerprint density at radius 3 is 2.87 bits per heavy atom. The summed E-state index contributed by atoms with van der Waals surface area (Å²) in [5.41, 5.74) is 2.62. The van der Waals surface area contributed by atoms with E-state index in [9.17, 15) is 4.79 Å². The van der Waals surface area contributed by atoms with Crippen molar-refractivity contribution in [3.05, 3.63) is 46.0 Å². The Balaban J connectivity index is 1.63. The number of nitrogens with one attached hydrogen (secondary N) is 1. The maximum absolute atomic E-state index is 12.2. The summed E-state index contributed by atoms with van der Waals surface area (Å²) in [5, 5.41) is 8.23. The first-order chi connectivity index (χ1) is 11.1. The summed E-state index contributed by atoms with van der Waals surface area (Å²) < 4.78 is 0. The lowest BCUT2D eigenvalue weighted by Crippen LogP contribution is -2.30. The average Bonchev–Trinajstić information content (AvgIpc) is 3.17. The molecule has 0 unspecified atom stereocenters. The van der Waals surface area contributed by atoms with Crippen molar-refractivity contribution < 1.29 is 4.79 Å². The van der Waals surface area contributed by atoms with E-state index in [1.807, 2.05) is 29.8 Å². The zero-order chi connectivity index (χ0) is 16.2. The number of nitrogens with zero attached hydrogens (tertiary/aromatic N) is 4. The highest BCUT2D eigenvalue weighted by atomic mass is 32.1. The largest absolute Gasteiger partial charge is 0.323 e. The third-order valence-corrected chi connectivity index (χ3v) is 4.67. The molecule has 3 aromatic rings. The minimum Gasteiger partial charge on any atom is -0.322 e. The van der Waals surface area contributed by atoms with Crippen molar-refractivity contribution in [1.82, 2.24) is 19.9 Å². The Bertz CT molecular complexity index is 799. The van der Waals surface area contributed by atoms with Crippen molar-refractivity contribution in [2.24, 2.45) is 0 Å². The van der Waals surface area contributed by atoms with Gasteiger partial charge in [-0.25, -0.2) is 14.8 Å². The van der Waals surface area contributed by atoms with Crippen LogP contribution in [0.4, 0.5) is 9.93 Å². The van der Waals surface area contributed by atoms with E-state index >= 15 is 0 Å². The van der Waals surface area contributed by atoms with Gasteiger partial charge in [-0.05, 0) is 19.1 Å². The zero-order valence-electron chi connectivity index (χ0n) is 12.7. The van der Waals surface area contributed by atoms with E-state index in [2.05, 4.69) is 20.3 Å². The molecule has 6 nitrogen and oxygen atoms in total. The maximum atomic E-state index is 12.2. The second-order valence-electron chi connectivity index (χ2n) is 4.92. The van der Waals surface area contributed by atoms with Gasteiger partial charge in [0.25, 0.3) is 0 Å². The minimum atomic E-state index is -0.206. The van der Waals surface area contributed by atoms with E-state index in [1.165, 1.54) is 11.3 Å². The molecule has 0 radical (unpaired) electrons. The van der Waals surface area contributed by atoms with Gasteiger partial charge >= 0.3 is 6.03 Å². The van der Waals surface area contributed by atoms with Crippen LogP contribution in [0.5, 0.6) is 0 Å². The highest BCUT2D eigenvalue weighted by Gasteiger charge is 2.13. The van der Waals surface area contributed by atoms with Crippen molar-refractivity contribution in [3.8, 4) is 11.3 Å². The van der Waals surface area contributed by atoms with E-state index in [4.69, 9.17) is 0 Å². The van der Waals surface area contributed by atoms with Gasteiger partial charge in [-0.1, -0.05) is 0 Å². The van der Waals surface area contributed by atoms with E-state index < -0.39 is 0 Å². The number of carbonyl (C=O) groups is 1. The molecular formula is C15H15N5OS2. The number of hydrogen-bond acceptors (Lipinski definition) is 6. The molecule has 0 fully saturated rings. The lowest BCUT2D eigenvalue weighted by atomic mass is 10.2. The van der Waals surface area contributed by atoms with Crippen molar-refractivity contribution >= 4 is 33.8 Å². The van der Waals surface area contributed by atoms with E-state index in [0.29, 0.717) is 11.7 Å². The van der Waals surface area contributed by atoms with Gasteiger partial charge < -0.3 is 4.90 Å².